The van der Waals surface area contributed by atoms with Gasteiger partial charge in [-0.3, -0.25) is 14.7 Å². The van der Waals surface area contributed by atoms with E-state index >= 15 is 0 Å². The highest BCUT2D eigenvalue weighted by Gasteiger charge is 2.23. The number of likely N-dealkylation sites (tertiary alicyclic amines) is 1. The number of ether oxygens (including phenoxy) is 2. The molecule has 2 heterocycles. The minimum atomic E-state index is -0.126. The molecule has 1 aliphatic heterocycles. The van der Waals surface area contributed by atoms with Crippen molar-refractivity contribution in [2.45, 2.75) is 25.6 Å². The third-order valence-corrected chi connectivity index (χ3v) is 5.11. The predicted molar refractivity (Wildman–Crippen MR) is 118 cm³/mol. The summed E-state index contributed by atoms with van der Waals surface area (Å²) < 4.78 is 15.9. The average Bonchev–Trinajstić information content (AvgIpc) is 3.46. The summed E-state index contributed by atoms with van der Waals surface area (Å²) in [7, 11) is 5.01. The summed E-state index contributed by atoms with van der Waals surface area (Å²) in [6, 6.07) is 9.81. The van der Waals surface area contributed by atoms with E-state index in [4.69, 9.17) is 13.9 Å². The number of methoxy groups -OCH3 is 2. The SMILES string of the molecule is CN=C(NCC(=O)NCc1ccco1)NC1CCN(Cc2cc(OC)cc(OC)c2)C1. The van der Waals surface area contributed by atoms with Gasteiger partial charge in [-0.15, -0.1) is 0 Å². The fourth-order valence-corrected chi connectivity index (χ4v) is 3.52. The minimum Gasteiger partial charge on any atom is -0.497 e. The molecule has 1 atom stereocenters. The maximum Gasteiger partial charge on any atom is 0.239 e. The second-order valence-corrected chi connectivity index (χ2v) is 7.37. The lowest BCUT2D eigenvalue weighted by atomic mass is 10.2. The molecule has 2 aromatic rings. The van der Waals surface area contributed by atoms with Crippen LogP contribution in [0.5, 0.6) is 11.5 Å². The van der Waals surface area contributed by atoms with E-state index in [1.807, 2.05) is 24.3 Å². The summed E-state index contributed by atoms with van der Waals surface area (Å²) in [5, 5.41) is 9.27. The lowest BCUT2D eigenvalue weighted by Gasteiger charge is -2.19. The molecule has 0 bridgehead atoms. The van der Waals surface area contributed by atoms with Crippen LogP contribution in [0.2, 0.25) is 0 Å². The van der Waals surface area contributed by atoms with Crippen LogP contribution in [-0.2, 0) is 17.9 Å². The standard InChI is InChI=1S/C22H31N5O4/c1-23-22(25-13-21(28)24-12-18-5-4-8-31-18)26-17-6-7-27(15-17)14-16-9-19(29-2)11-20(10-16)30-3/h4-5,8-11,17H,6-7,12-15H2,1-3H3,(H,24,28)(H2,23,25,26). The third-order valence-electron chi connectivity index (χ3n) is 5.11. The molecular formula is C22H31N5O4. The van der Waals surface area contributed by atoms with Crippen LogP contribution in [0.1, 0.15) is 17.7 Å². The van der Waals surface area contributed by atoms with Crippen molar-refractivity contribution in [3.8, 4) is 11.5 Å². The lowest BCUT2D eigenvalue weighted by Crippen LogP contribution is -2.47. The third kappa shape index (κ3) is 6.92. The highest BCUT2D eigenvalue weighted by atomic mass is 16.5. The van der Waals surface area contributed by atoms with Gasteiger partial charge in [-0.2, -0.15) is 0 Å². The molecule has 0 aliphatic carbocycles. The molecule has 31 heavy (non-hydrogen) atoms. The summed E-state index contributed by atoms with van der Waals surface area (Å²) in [5.74, 6) is 2.79. The van der Waals surface area contributed by atoms with Crippen molar-refractivity contribution in [3.05, 3.63) is 47.9 Å². The molecule has 1 aromatic heterocycles. The Morgan fingerprint density at radius 3 is 2.65 bits per heavy atom. The first-order valence-corrected chi connectivity index (χ1v) is 10.3. The second-order valence-electron chi connectivity index (χ2n) is 7.37. The fraction of sp³-hybridized carbons (Fsp3) is 0.455. The van der Waals surface area contributed by atoms with Crippen LogP contribution in [0.25, 0.3) is 0 Å². The molecule has 1 amide bonds. The zero-order chi connectivity index (χ0) is 22.1. The van der Waals surface area contributed by atoms with Gasteiger partial charge in [-0.05, 0) is 36.2 Å². The number of benzene rings is 1. The van der Waals surface area contributed by atoms with E-state index in [-0.39, 0.29) is 18.5 Å². The van der Waals surface area contributed by atoms with Crippen molar-refractivity contribution in [1.82, 2.24) is 20.9 Å². The number of aliphatic imine (C=N–C) groups is 1. The number of hydrogen-bond acceptors (Lipinski definition) is 6. The Morgan fingerprint density at radius 1 is 1.23 bits per heavy atom. The summed E-state index contributed by atoms with van der Waals surface area (Å²) in [4.78, 5) is 18.6. The molecule has 168 valence electrons. The molecule has 0 saturated carbocycles. The molecule has 0 radical (unpaired) electrons. The van der Waals surface area contributed by atoms with E-state index < -0.39 is 0 Å². The van der Waals surface area contributed by atoms with Crippen molar-refractivity contribution in [1.29, 1.82) is 0 Å². The topological polar surface area (TPSA) is 100 Å². The fourth-order valence-electron chi connectivity index (χ4n) is 3.52. The van der Waals surface area contributed by atoms with Gasteiger partial charge >= 0.3 is 0 Å². The molecule has 1 saturated heterocycles. The van der Waals surface area contributed by atoms with E-state index in [0.717, 1.165) is 48.9 Å². The second kappa shape index (κ2) is 11.3. The molecule has 0 spiro atoms. The van der Waals surface area contributed by atoms with Gasteiger partial charge < -0.3 is 29.8 Å². The molecular weight excluding hydrogens is 398 g/mol. The Kier molecular flexibility index (Phi) is 8.17. The Labute approximate surface area is 182 Å². The highest BCUT2D eigenvalue weighted by molar-refractivity contribution is 5.86. The summed E-state index contributed by atoms with van der Waals surface area (Å²) in [6.07, 6.45) is 2.58. The normalized spacial score (nSPS) is 16.7. The Balaban J connectivity index is 1.42. The summed E-state index contributed by atoms with van der Waals surface area (Å²) >= 11 is 0. The quantitative estimate of drug-likeness (QED) is 0.409. The van der Waals surface area contributed by atoms with Crippen molar-refractivity contribution in [2.24, 2.45) is 4.99 Å². The smallest absolute Gasteiger partial charge is 0.239 e. The van der Waals surface area contributed by atoms with Gasteiger partial charge in [0.1, 0.15) is 17.3 Å². The number of nitrogens with zero attached hydrogens (tertiary/aromatic N) is 2. The van der Waals surface area contributed by atoms with Gasteiger partial charge in [0.15, 0.2) is 5.96 Å². The van der Waals surface area contributed by atoms with Crippen LogP contribution < -0.4 is 25.4 Å². The van der Waals surface area contributed by atoms with Crippen LogP contribution in [0.4, 0.5) is 0 Å². The number of carbonyl (C=O) groups excluding carboxylic acids is 1. The monoisotopic (exact) mass is 429 g/mol. The molecule has 1 aromatic carbocycles. The molecule has 3 rings (SSSR count). The first kappa shape index (κ1) is 22.5. The maximum absolute atomic E-state index is 12.0. The number of hydrogen-bond donors (Lipinski definition) is 3. The van der Waals surface area contributed by atoms with E-state index in [2.05, 4.69) is 25.8 Å². The van der Waals surface area contributed by atoms with Crippen molar-refractivity contribution in [3.63, 3.8) is 0 Å². The van der Waals surface area contributed by atoms with Crippen LogP contribution in [0.15, 0.2) is 46.0 Å². The summed E-state index contributed by atoms with van der Waals surface area (Å²) in [6.45, 7) is 3.17. The van der Waals surface area contributed by atoms with Crippen molar-refractivity contribution < 1.29 is 18.7 Å². The van der Waals surface area contributed by atoms with E-state index in [1.54, 1.807) is 33.6 Å². The molecule has 9 nitrogen and oxygen atoms in total. The average molecular weight is 430 g/mol. The maximum atomic E-state index is 12.0. The molecule has 1 aliphatic rings. The van der Waals surface area contributed by atoms with Gasteiger partial charge in [0, 0.05) is 38.8 Å². The number of carbonyl (C=O) groups is 1. The lowest BCUT2D eigenvalue weighted by molar-refractivity contribution is -0.120. The van der Waals surface area contributed by atoms with E-state index in [0.29, 0.717) is 12.5 Å². The van der Waals surface area contributed by atoms with Gasteiger partial charge in [0.05, 0.1) is 33.6 Å². The van der Waals surface area contributed by atoms with Gasteiger partial charge in [0.25, 0.3) is 0 Å². The first-order chi connectivity index (χ1) is 15.1. The van der Waals surface area contributed by atoms with Crippen molar-refractivity contribution >= 4 is 11.9 Å². The number of rotatable bonds is 9. The number of guanidine groups is 1. The molecule has 3 N–H and O–H groups in total. The molecule has 1 unspecified atom stereocenters. The number of amides is 1. The molecule has 9 heteroatoms. The van der Waals surface area contributed by atoms with Crippen LogP contribution in [0, 0.1) is 0 Å². The predicted octanol–water partition coefficient (Wildman–Crippen LogP) is 1.35. The van der Waals surface area contributed by atoms with Crippen LogP contribution in [0.3, 0.4) is 0 Å². The Morgan fingerprint density at radius 2 is 2.00 bits per heavy atom. The number of furan rings is 1. The zero-order valence-electron chi connectivity index (χ0n) is 18.3. The van der Waals surface area contributed by atoms with E-state index in [9.17, 15) is 4.79 Å². The van der Waals surface area contributed by atoms with Crippen LogP contribution >= 0.6 is 0 Å². The van der Waals surface area contributed by atoms with Crippen molar-refractivity contribution in [2.75, 3.05) is 40.9 Å². The zero-order valence-corrected chi connectivity index (χ0v) is 18.3. The summed E-state index contributed by atoms with van der Waals surface area (Å²) in [5.41, 5.74) is 1.15. The largest absolute Gasteiger partial charge is 0.497 e. The molecule has 1 fully saturated rings. The van der Waals surface area contributed by atoms with E-state index in [1.165, 1.54) is 0 Å². The number of nitrogens with one attached hydrogen (secondary N) is 3. The van der Waals surface area contributed by atoms with Gasteiger partial charge in [-0.1, -0.05) is 0 Å². The highest BCUT2D eigenvalue weighted by Crippen LogP contribution is 2.24. The Hall–Kier alpha value is -3.20. The first-order valence-electron chi connectivity index (χ1n) is 10.3. The Bertz CT molecular complexity index is 847. The van der Waals surface area contributed by atoms with Gasteiger partial charge in [0.2, 0.25) is 5.91 Å². The van der Waals surface area contributed by atoms with Gasteiger partial charge in [-0.25, -0.2) is 0 Å². The minimum absolute atomic E-state index is 0.126. The van der Waals surface area contributed by atoms with Crippen LogP contribution in [-0.4, -0.2) is 63.7 Å².